The second-order valence-electron chi connectivity index (χ2n) is 5.42. The van der Waals surface area contributed by atoms with Gasteiger partial charge in [0.15, 0.2) is 0 Å². The molecule has 1 N–H and O–H groups in total. The summed E-state index contributed by atoms with van der Waals surface area (Å²) in [6.07, 6.45) is 2.00. The first-order valence-corrected chi connectivity index (χ1v) is 8.83. The van der Waals surface area contributed by atoms with Crippen LogP contribution in [-0.4, -0.2) is 18.2 Å². The number of hydrogen-bond acceptors (Lipinski definition) is 2. The number of amides is 1. The smallest absolute Gasteiger partial charge is 0.230 e. The second kappa shape index (κ2) is 9.31. The van der Waals surface area contributed by atoms with Crippen LogP contribution in [0.5, 0.6) is 0 Å². The predicted octanol–water partition coefficient (Wildman–Crippen LogP) is 3.98. The molecule has 0 aromatic heterocycles. The molecule has 0 spiro atoms. The monoisotopic (exact) mass is 313 g/mol. The molecule has 2 aromatic carbocycles. The number of nitrogens with one attached hydrogen (secondary N) is 1. The molecule has 2 aromatic rings. The van der Waals surface area contributed by atoms with E-state index in [9.17, 15) is 4.79 Å². The SMILES string of the molecule is Cc1cccc(CSCC(=O)NCCCc2ccccc2)c1. The van der Waals surface area contributed by atoms with Gasteiger partial charge in [-0.2, -0.15) is 0 Å². The molecule has 0 atom stereocenters. The van der Waals surface area contributed by atoms with Crippen molar-refractivity contribution in [2.75, 3.05) is 12.3 Å². The van der Waals surface area contributed by atoms with Gasteiger partial charge in [0.2, 0.25) is 5.91 Å². The molecule has 0 saturated heterocycles. The van der Waals surface area contributed by atoms with E-state index < -0.39 is 0 Å². The minimum Gasteiger partial charge on any atom is -0.355 e. The molecule has 0 aliphatic heterocycles. The fraction of sp³-hybridized carbons (Fsp3) is 0.316. The van der Waals surface area contributed by atoms with Gasteiger partial charge in [0.1, 0.15) is 0 Å². The van der Waals surface area contributed by atoms with Crippen molar-refractivity contribution in [3.8, 4) is 0 Å². The summed E-state index contributed by atoms with van der Waals surface area (Å²) >= 11 is 1.67. The summed E-state index contributed by atoms with van der Waals surface area (Å²) in [5.74, 6) is 1.55. The molecule has 2 rings (SSSR count). The van der Waals surface area contributed by atoms with Crippen LogP contribution in [0, 0.1) is 6.92 Å². The van der Waals surface area contributed by atoms with E-state index in [0.29, 0.717) is 5.75 Å². The van der Waals surface area contributed by atoms with Crippen molar-refractivity contribution in [2.24, 2.45) is 0 Å². The highest BCUT2D eigenvalue weighted by molar-refractivity contribution is 7.99. The van der Waals surface area contributed by atoms with Crippen LogP contribution in [0.15, 0.2) is 54.6 Å². The molecule has 3 heteroatoms. The summed E-state index contributed by atoms with van der Waals surface area (Å²) in [5.41, 5.74) is 3.87. The second-order valence-corrected chi connectivity index (χ2v) is 6.41. The highest BCUT2D eigenvalue weighted by Crippen LogP contribution is 2.13. The van der Waals surface area contributed by atoms with Crippen molar-refractivity contribution in [1.82, 2.24) is 5.32 Å². The fourth-order valence-electron chi connectivity index (χ4n) is 2.28. The van der Waals surface area contributed by atoms with E-state index in [2.05, 4.69) is 60.8 Å². The topological polar surface area (TPSA) is 29.1 Å². The molecule has 0 fully saturated rings. The normalized spacial score (nSPS) is 10.4. The van der Waals surface area contributed by atoms with Crippen LogP contribution in [0.4, 0.5) is 0 Å². The average Bonchev–Trinajstić information content (AvgIpc) is 2.53. The van der Waals surface area contributed by atoms with Crippen molar-refractivity contribution in [2.45, 2.75) is 25.5 Å². The van der Waals surface area contributed by atoms with Gasteiger partial charge in [0.25, 0.3) is 0 Å². The number of thioether (sulfide) groups is 1. The average molecular weight is 313 g/mol. The van der Waals surface area contributed by atoms with Crippen LogP contribution in [0.3, 0.4) is 0 Å². The van der Waals surface area contributed by atoms with Gasteiger partial charge in [-0.05, 0) is 30.9 Å². The fourth-order valence-corrected chi connectivity index (χ4v) is 3.08. The van der Waals surface area contributed by atoms with Crippen LogP contribution in [0.1, 0.15) is 23.1 Å². The molecule has 0 unspecified atom stereocenters. The summed E-state index contributed by atoms with van der Waals surface area (Å²) in [6, 6.07) is 18.8. The Hall–Kier alpha value is -1.74. The number of benzene rings is 2. The minimum absolute atomic E-state index is 0.130. The molecule has 0 radical (unpaired) electrons. The number of rotatable bonds is 8. The summed E-state index contributed by atoms with van der Waals surface area (Å²) in [6.45, 7) is 2.84. The number of carbonyl (C=O) groups is 1. The zero-order chi connectivity index (χ0) is 15.6. The molecule has 2 nitrogen and oxygen atoms in total. The number of aryl methyl sites for hydroxylation is 2. The Morgan fingerprint density at radius 2 is 1.82 bits per heavy atom. The minimum atomic E-state index is 0.130. The van der Waals surface area contributed by atoms with Crippen LogP contribution < -0.4 is 5.32 Å². The third-order valence-corrected chi connectivity index (χ3v) is 4.40. The van der Waals surface area contributed by atoms with Crippen molar-refractivity contribution in [3.63, 3.8) is 0 Å². The molecular formula is C19H23NOS. The quantitative estimate of drug-likeness (QED) is 0.747. The van der Waals surface area contributed by atoms with Crippen LogP contribution in [-0.2, 0) is 17.0 Å². The van der Waals surface area contributed by atoms with Crippen molar-refractivity contribution in [1.29, 1.82) is 0 Å². The van der Waals surface area contributed by atoms with E-state index in [-0.39, 0.29) is 5.91 Å². The van der Waals surface area contributed by atoms with Gasteiger partial charge in [-0.15, -0.1) is 11.8 Å². The van der Waals surface area contributed by atoms with E-state index in [1.807, 2.05) is 6.07 Å². The third kappa shape index (κ3) is 6.35. The first-order chi connectivity index (χ1) is 10.7. The van der Waals surface area contributed by atoms with Crippen molar-refractivity contribution in [3.05, 3.63) is 71.3 Å². The summed E-state index contributed by atoms with van der Waals surface area (Å²) < 4.78 is 0. The van der Waals surface area contributed by atoms with Crippen LogP contribution in [0.25, 0.3) is 0 Å². The summed E-state index contributed by atoms with van der Waals surface area (Å²) in [5, 5.41) is 2.99. The third-order valence-electron chi connectivity index (χ3n) is 3.39. The number of hydrogen-bond donors (Lipinski definition) is 1. The zero-order valence-corrected chi connectivity index (χ0v) is 13.9. The van der Waals surface area contributed by atoms with E-state index in [1.54, 1.807) is 11.8 Å². The van der Waals surface area contributed by atoms with Gasteiger partial charge in [0, 0.05) is 12.3 Å². The van der Waals surface area contributed by atoms with Crippen LogP contribution in [0.2, 0.25) is 0 Å². The highest BCUT2D eigenvalue weighted by atomic mass is 32.2. The van der Waals surface area contributed by atoms with E-state index in [4.69, 9.17) is 0 Å². The van der Waals surface area contributed by atoms with E-state index in [1.165, 1.54) is 16.7 Å². The van der Waals surface area contributed by atoms with Gasteiger partial charge in [0.05, 0.1) is 5.75 Å². The molecule has 0 saturated carbocycles. The lowest BCUT2D eigenvalue weighted by atomic mass is 10.1. The molecule has 22 heavy (non-hydrogen) atoms. The first kappa shape index (κ1) is 16.6. The summed E-state index contributed by atoms with van der Waals surface area (Å²) in [7, 11) is 0. The van der Waals surface area contributed by atoms with Crippen molar-refractivity contribution < 1.29 is 4.79 Å². The summed E-state index contributed by atoms with van der Waals surface area (Å²) in [4.78, 5) is 11.8. The largest absolute Gasteiger partial charge is 0.355 e. The Morgan fingerprint density at radius 3 is 2.59 bits per heavy atom. The molecule has 0 bridgehead atoms. The van der Waals surface area contributed by atoms with Gasteiger partial charge in [-0.1, -0.05) is 60.2 Å². The Bertz CT molecular complexity index is 583. The maximum absolute atomic E-state index is 11.8. The maximum atomic E-state index is 11.8. The van der Waals surface area contributed by atoms with E-state index in [0.717, 1.165) is 25.1 Å². The van der Waals surface area contributed by atoms with Gasteiger partial charge < -0.3 is 5.32 Å². The lowest BCUT2D eigenvalue weighted by molar-refractivity contribution is -0.118. The molecule has 0 heterocycles. The molecule has 0 aliphatic rings. The zero-order valence-electron chi connectivity index (χ0n) is 13.0. The Balaban J connectivity index is 1.56. The molecule has 1 amide bonds. The standard InChI is InChI=1S/C19H23NOS/c1-16-7-5-10-18(13-16)14-22-15-19(21)20-12-6-11-17-8-3-2-4-9-17/h2-5,7-10,13H,6,11-12,14-15H2,1H3,(H,20,21). The molecular weight excluding hydrogens is 290 g/mol. The van der Waals surface area contributed by atoms with E-state index >= 15 is 0 Å². The van der Waals surface area contributed by atoms with Gasteiger partial charge >= 0.3 is 0 Å². The Kier molecular flexibility index (Phi) is 7.04. The first-order valence-electron chi connectivity index (χ1n) is 7.68. The van der Waals surface area contributed by atoms with Gasteiger partial charge in [-0.25, -0.2) is 0 Å². The lowest BCUT2D eigenvalue weighted by Crippen LogP contribution is -2.26. The Labute approximate surface area is 137 Å². The highest BCUT2D eigenvalue weighted by Gasteiger charge is 2.02. The Morgan fingerprint density at radius 1 is 1.05 bits per heavy atom. The van der Waals surface area contributed by atoms with Crippen molar-refractivity contribution >= 4 is 17.7 Å². The maximum Gasteiger partial charge on any atom is 0.230 e. The molecule has 116 valence electrons. The number of carbonyl (C=O) groups excluding carboxylic acids is 1. The predicted molar refractivity (Wildman–Crippen MR) is 95.1 cm³/mol. The lowest BCUT2D eigenvalue weighted by Gasteiger charge is -2.06. The van der Waals surface area contributed by atoms with Gasteiger partial charge in [-0.3, -0.25) is 4.79 Å². The van der Waals surface area contributed by atoms with Crippen LogP contribution >= 0.6 is 11.8 Å². The molecule has 0 aliphatic carbocycles.